The predicted octanol–water partition coefficient (Wildman–Crippen LogP) is 6.17. The van der Waals surface area contributed by atoms with Gasteiger partial charge in [0.1, 0.15) is 12.4 Å². The minimum Gasteiger partial charge on any atom is -0.488 e. The minimum atomic E-state index is -4.60. The number of esters is 1. The van der Waals surface area contributed by atoms with Crippen LogP contribution < -0.4 is 10.1 Å². The zero-order valence-electron chi connectivity index (χ0n) is 19.2. The monoisotopic (exact) mass is 471 g/mol. The first kappa shape index (κ1) is 25.3. The van der Waals surface area contributed by atoms with Gasteiger partial charge in [0.25, 0.3) is 0 Å². The van der Waals surface area contributed by atoms with E-state index in [4.69, 9.17) is 9.47 Å². The fourth-order valence-corrected chi connectivity index (χ4v) is 3.80. The van der Waals surface area contributed by atoms with Crippen molar-refractivity contribution < 1.29 is 27.4 Å². The van der Waals surface area contributed by atoms with E-state index in [0.717, 1.165) is 17.2 Å². The Balaban J connectivity index is 2.20. The van der Waals surface area contributed by atoms with Crippen molar-refractivity contribution in [2.45, 2.75) is 39.6 Å². The molecule has 0 fully saturated rings. The number of carbonyl (C=O) groups is 1. The van der Waals surface area contributed by atoms with Crippen LogP contribution in [0, 0.1) is 0 Å². The second kappa shape index (κ2) is 11.7. The van der Waals surface area contributed by atoms with Gasteiger partial charge in [-0.2, -0.15) is 13.2 Å². The summed E-state index contributed by atoms with van der Waals surface area (Å²) in [7, 11) is 0. The van der Waals surface area contributed by atoms with Crippen molar-refractivity contribution in [1.82, 2.24) is 5.32 Å². The van der Waals surface area contributed by atoms with Gasteiger partial charge in [-0.25, -0.2) is 0 Å². The van der Waals surface area contributed by atoms with Gasteiger partial charge in [0.15, 0.2) is 0 Å². The van der Waals surface area contributed by atoms with Crippen molar-refractivity contribution in [3.8, 4) is 16.9 Å². The molecule has 0 amide bonds. The first-order chi connectivity index (χ1) is 16.3. The maximum atomic E-state index is 14.2. The Hall–Kier alpha value is -3.32. The Bertz CT molecular complexity index is 1080. The summed E-state index contributed by atoms with van der Waals surface area (Å²) in [6.45, 7) is 3.90. The highest BCUT2D eigenvalue weighted by Crippen LogP contribution is 2.43. The Morgan fingerprint density at radius 1 is 0.971 bits per heavy atom. The standard InChI is InChI=1S/C27H28F3NO3/c1-3-31-17-23-22(14-15-33-19(2)32)24(27(28,29)30)16-25(26(23)21-12-8-5-9-13-21)34-18-20-10-6-4-7-11-20/h4-13,16,31H,3,14-15,17-18H2,1-2H3. The number of nitrogens with one attached hydrogen (secondary N) is 1. The van der Waals surface area contributed by atoms with E-state index in [0.29, 0.717) is 17.7 Å². The third-order valence-electron chi connectivity index (χ3n) is 5.33. The second-order valence-corrected chi connectivity index (χ2v) is 7.76. The molecule has 0 aliphatic carbocycles. The molecule has 0 saturated heterocycles. The van der Waals surface area contributed by atoms with E-state index in [1.165, 1.54) is 6.92 Å². The van der Waals surface area contributed by atoms with Gasteiger partial charge in [-0.3, -0.25) is 4.79 Å². The third-order valence-corrected chi connectivity index (χ3v) is 5.33. The van der Waals surface area contributed by atoms with Crippen molar-refractivity contribution in [3.05, 3.63) is 89.0 Å². The van der Waals surface area contributed by atoms with Crippen LogP contribution in [0.4, 0.5) is 13.2 Å². The number of rotatable bonds is 10. The molecule has 0 aliphatic heterocycles. The Morgan fingerprint density at radius 2 is 1.62 bits per heavy atom. The summed E-state index contributed by atoms with van der Waals surface area (Å²) >= 11 is 0. The van der Waals surface area contributed by atoms with Crippen LogP contribution in [0.3, 0.4) is 0 Å². The fraction of sp³-hybridized carbons (Fsp3) is 0.296. The van der Waals surface area contributed by atoms with Crippen LogP contribution in [0.15, 0.2) is 66.7 Å². The molecule has 3 aromatic rings. The molecule has 0 aliphatic rings. The lowest BCUT2D eigenvalue weighted by Gasteiger charge is -2.24. The summed E-state index contributed by atoms with van der Waals surface area (Å²) in [6, 6.07) is 19.6. The lowest BCUT2D eigenvalue weighted by molar-refractivity contribution is -0.141. The molecular formula is C27H28F3NO3. The lowest BCUT2D eigenvalue weighted by Crippen LogP contribution is -2.20. The van der Waals surface area contributed by atoms with E-state index < -0.39 is 17.7 Å². The first-order valence-corrected chi connectivity index (χ1v) is 11.1. The van der Waals surface area contributed by atoms with Gasteiger partial charge in [0, 0.05) is 25.5 Å². The topological polar surface area (TPSA) is 47.6 Å². The van der Waals surface area contributed by atoms with Crippen LogP contribution in [0.5, 0.6) is 5.75 Å². The van der Waals surface area contributed by atoms with Gasteiger partial charge < -0.3 is 14.8 Å². The summed E-state index contributed by atoms with van der Waals surface area (Å²) in [5.74, 6) is -0.376. The van der Waals surface area contributed by atoms with Crippen LogP contribution in [0.2, 0.25) is 0 Å². The van der Waals surface area contributed by atoms with E-state index in [9.17, 15) is 18.0 Å². The normalized spacial score (nSPS) is 11.3. The molecule has 7 heteroatoms. The number of benzene rings is 3. The molecule has 0 aromatic heterocycles. The Labute approximate surface area is 197 Å². The molecule has 0 saturated carbocycles. The van der Waals surface area contributed by atoms with Crippen molar-refractivity contribution in [2.75, 3.05) is 13.2 Å². The molecule has 0 bridgehead atoms. The summed E-state index contributed by atoms with van der Waals surface area (Å²) in [5.41, 5.74) is 2.00. The quantitative estimate of drug-likeness (QED) is 0.360. The van der Waals surface area contributed by atoms with Crippen molar-refractivity contribution >= 4 is 5.97 Å². The fourth-order valence-electron chi connectivity index (χ4n) is 3.80. The summed E-state index contributed by atoms with van der Waals surface area (Å²) in [5, 5.41) is 3.16. The van der Waals surface area contributed by atoms with Crippen molar-refractivity contribution in [3.63, 3.8) is 0 Å². The maximum absolute atomic E-state index is 14.2. The van der Waals surface area contributed by atoms with Gasteiger partial charge in [0.2, 0.25) is 0 Å². The number of carbonyl (C=O) groups excluding carboxylic acids is 1. The Kier molecular flexibility index (Phi) is 8.71. The highest BCUT2D eigenvalue weighted by Gasteiger charge is 2.36. The van der Waals surface area contributed by atoms with Crippen molar-refractivity contribution in [2.24, 2.45) is 0 Å². The van der Waals surface area contributed by atoms with Crippen LogP contribution in [-0.4, -0.2) is 19.1 Å². The Morgan fingerprint density at radius 3 is 2.21 bits per heavy atom. The highest BCUT2D eigenvalue weighted by atomic mass is 19.4. The molecular weight excluding hydrogens is 443 g/mol. The summed E-state index contributed by atoms with van der Waals surface area (Å²) < 4.78 is 53.7. The first-order valence-electron chi connectivity index (χ1n) is 11.1. The van der Waals surface area contributed by atoms with Gasteiger partial charge in [0.05, 0.1) is 12.2 Å². The van der Waals surface area contributed by atoms with Crippen LogP contribution >= 0.6 is 0 Å². The molecule has 0 spiro atoms. The zero-order chi connectivity index (χ0) is 24.6. The largest absolute Gasteiger partial charge is 0.488 e. The van der Waals surface area contributed by atoms with E-state index in [2.05, 4.69) is 5.32 Å². The van der Waals surface area contributed by atoms with E-state index >= 15 is 0 Å². The summed E-state index contributed by atoms with van der Waals surface area (Å²) in [4.78, 5) is 11.3. The zero-order valence-corrected chi connectivity index (χ0v) is 19.2. The number of hydrogen-bond donors (Lipinski definition) is 1. The van der Waals surface area contributed by atoms with E-state index in [1.807, 2.05) is 67.6 Å². The highest BCUT2D eigenvalue weighted by molar-refractivity contribution is 5.77. The molecule has 1 N–H and O–H groups in total. The number of ether oxygens (including phenoxy) is 2. The van der Waals surface area contributed by atoms with Gasteiger partial charge in [-0.05, 0) is 34.9 Å². The van der Waals surface area contributed by atoms with Gasteiger partial charge in [-0.15, -0.1) is 0 Å². The summed E-state index contributed by atoms with van der Waals surface area (Å²) in [6.07, 6.45) is -4.67. The molecule has 0 unspecified atom stereocenters. The van der Waals surface area contributed by atoms with Crippen LogP contribution in [0.25, 0.3) is 11.1 Å². The average molecular weight is 472 g/mol. The van der Waals surface area contributed by atoms with Crippen molar-refractivity contribution in [1.29, 1.82) is 0 Å². The van der Waals surface area contributed by atoms with E-state index in [-0.39, 0.29) is 37.5 Å². The number of halogens is 3. The molecule has 4 nitrogen and oxygen atoms in total. The van der Waals surface area contributed by atoms with Gasteiger partial charge >= 0.3 is 12.1 Å². The second-order valence-electron chi connectivity index (χ2n) is 7.76. The molecule has 0 atom stereocenters. The van der Waals surface area contributed by atoms with Crippen LogP contribution in [-0.2, 0) is 35.3 Å². The molecule has 34 heavy (non-hydrogen) atoms. The molecule has 180 valence electrons. The molecule has 3 aromatic carbocycles. The van der Waals surface area contributed by atoms with Crippen LogP contribution in [0.1, 0.15) is 36.1 Å². The molecule has 3 rings (SSSR count). The third kappa shape index (κ3) is 6.60. The minimum absolute atomic E-state index is 0.0616. The van der Waals surface area contributed by atoms with E-state index in [1.54, 1.807) is 0 Å². The number of hydrogen-bond acceptors (Lipinski definition) is 4. The smallest absolute Gasteiger partial charge is 0.416 e. The predicted molar refractivity (Wildman–Crippen MR) is 125 cm³/mol. The SMILES string of the molecule is CCNCc1c(CCOC(C)=O)c(C(F)(F)F)cc(OCc2ccccc2)c1-c1ccccc1. The average Bonchev–Trinajstić information content (AvgIpc) is 2.82. The molecule has 0 heterocycles. The lowest BCUT2D eigenvalue weighted by atomic mass is 9.89. The maximum Gasteiger partial charge on any atom is 0.416 e. The molecule has 0 radical (unpaired) electrons. The number of alkyl halides is 3. The van der Waals surface area contributed by atoms with Gasteiger partial charge in [-0.1, -0.05) is 67.6 Å².